The maximum absolute atomic E-state index is 13.7. The zero-order chi connectivity index (χ0) is 30.1. The fraction of sp³-hybridized carbons (Fsp3) is 0.500. The zero-order valence-corrected chi connectivity index (χ0v) is 25.8. The molecule has 1 spiro atoms. The van der Waals surface area contributed by atoms with Crippen LogP contribution in [0.5, 0.6) is 5.75 Å². The summed E-state index contributed by atoms with van der Waals surface area (Å²) >= 11 is 0. The number of hydrogen-bond donors (Lipinski definition) is 1. The van der Waals surface area contributed by atoms with E-state index in [-0.39, 0.29) is 11.5 Å². The van der Waals surface area contributed by atoms with Crippen LogP contribution in [0.4, 0.5) is 5.82 Å². The smallest absolute Gasteiger partial charge is 0.225 e. The van der Waals surface area contributed by atoms with Crippen LogP contribution in [0, 0.1) is 5.92 Å². The number of aryl methyl sites for hydroxylation is 1. The Labute approximate surface area is 258 Å². The molecule has 0 unspecified atom stereocenters. The third-order valence-electron chi connectivity index (χ3n) is 9.79. The van der Waals surface area contributed by atoms with Crippen molar-refractivity contribution in [2.45, 2.75) is 64.5 Å². The first-order valence-corrected chi connectivity index (χ1v) is 16.2. The molecule has 230 valence electrons. The number of nitrogens with one attached hydrogen (secondary N) is 1. The number of carbonyl (C=O) groups excluding carboxylic acids is 1. The Kier molecular flexibility index (Phi) is 7.93. The van der Waals surface area contributed by atoms with Crippen LogP contribution in [0.25, 0.3) is 11.0 Å². The second-order valence-electron chi connectivity index (χ2n) is 12.3. The molecule has 0 bridgehead atoms. The number of nitrogens with zero attached hydrogens (tertiary/aromatic N) is 7. The predicted molar refractivity (Wildman–Crippen MR) is 170 cm³/mol. The number of benzene rings is 1. The van der Waals surface area contributed by atoms with Gasteiger partial charge in [0.1, 0.15) is 17.9 Å². The molecule has 1 aliphatic carbocycles. The molecule has 2 aliphatic heterocycles. The maximum Gasteiger partial charge on any atom is 0.225 e. The van der Waals surface area contributed by atoms with Crippen molar-refractivity contribution < 1.29 is 9.53 Å². The largest absolute Gasteiger partial charge is 0.494 e. The molecular formula is C34H42N8O2. The standard InChI is InChI=1S/C34H42N8O2/c1-3-26-6-5-7-27(39-26)22-42-32-29(21-38-42)31(35-23-36-32)40-16-18-41(19-17-40)33(43)24-10-13-34(14-11-24)30-9-8-28(44-4-2)20-25(30)12-15-37-34/h5-9,20-21,23-24,37H,3-4,10-19,22H2,1-2H3/t24-,34-. The molecule has 3 aromatic heterocycles. The van der Waals surface area contributed by atoms with Crippen LogP contribution in [0.1, 0.15) is 62.0 Å². The highest BCUT2D eigenvalue weighted by Gasteiger charge is 2.42. The number of hydrogen-bond acceptors (Lipinski definition) is 8. The highest BCUT2D eigenvalue weighted by atomic mass is 16.5. The second kappa shape index (κ2) is 12.1. The molecular weight excluding hydrogens is 552 g/mol. The van der Waals surface area contributed by atoms with Gasteiger partial charge in [-0.3, -0.25) is 9.78 Å². The molecule has 2 fully saturated rings. The van der Waals surface area contributed by atoms with E-state index in [0.29, 0.717) is 32.1 Å². The van der Waals surface area contributed by atoms with Gasteiger partial charge in [0.25, 0.3) is 0 Å². The summed E-state index contributed by atoms with van der Waals surface area (Å²) in [6, 6.07) is 12.7. The van der Waals surface area contributed by atoms with Gasteiger partial charge in [-0.1, -0.05) is 19.1 Å². The minimum Gasteiger partial charge on any atom is -0.494 e. The number of ether oxygens (including phenoxy) is 1. The van der Waals surface area contributed by atoms with Crippen molar-refractivity contribution in [3.8, 4) is 5.75 Å². The quantitative estimate of drug-likeness (QED) is 0.341. The first-order chi connectivity index (χ1) is 21.6. The fourth-order valence-electron chi connectivity index (χ4n) is 7.45. The molecule has 10 heteroatoms. The van der Waals surface area contributed by atoms with Crippen molar-refractivity contribution >= 4 is 22.8 Å². The minimum atomic E-state index is -0.0223. The molecule has 0 atom stereocenters. The molecule has 4 aromatic rings. The Morgan fingerprint density at radius 3 is 2.66 bits per heavy atom. The fourth-order valence-corrected chi connectivity index (χ4v) is 7.45. The van der Waals surface area contributed by atoms with Gasteiger partial charge >= 0.3 is 0 Å². The van der Waals surface area contributed by atoms with Gasteiger partial charge in [0, 0.05) is 49.9 Å². The van der Waals surface area contributed by atoms with Crippen molar-refractivity contribution in [1.29, 1.82) is 0 Å². The topological polar surface area (TPSA) is 101 Å². The van der Waals surface area contributed by atoms with Crippen molar-refractivity contribution in [2.24, 2.45) is 5.92 Å². The lowest BCUT2D eigenvalue weighted by molar-refractivity contribution is -0.137. The monoisotopic (exact) mass is 594 g/mol. The van der Waals surface area contributed by atoms with E-state index >= 15 is 0 Å². The molecule has 1 amide bonds. The van der Waals surface area contributed by atoms with Crippen molar-refractivity contribution in [1.82, 2.24) is 34.9 Å². The van der Waals surface area contributed by atoms with E-state index in [9.17, 15) is 4.79 Å². The van der Waals surface area contributed by atoms with E-state index in [0.717, 1.165) is 92.1 Å². The number of anilines is 1. The van der Waals surface area contributed by atoms with E-state index in [4.69, 9.17) is 9.72 Å². The normalized spacial score (nSPS) is 21.9. The number of pyridine rings is 1. The Morgan fingerprint density at radius 2 is 1.86 bits per heavy atom. The van der Waals surface area contributed by atoms with Crippen LogP contribution in [-0.2, 0) is 29.7 Å². The third-order valence-corrected chi connectivity index (χ3v) is 9.79. The van der Waals surface area contributed by atoms with Crippen LogP contribution >= 0.6 is 0 Å². The molecule has 1 N–H and O–H groups in total. The van der Waals surface area contributed by atoms with Gasteiger partial charge < -0.3 is 19.9 Å². The molecule has 0 radical (unpaired) electrons. The number of carbonyl (C=O) groups is 1. The van der Waals surface area contributed by atoms with Crippen LogP contribution in [-0.4, -0.2) is 74.9 Å². The lowest BCUT2D eigenvalue weighted by atomic mass is 9.69. The second-order valence-corrected chi connectivity index (χ2v) is 12.3. The Hall–Kier alpha value is -4.05. The number of fused-ring (bicyclic) bond motifs is 3. The molecule has 3 aliphatic rings. The Balaban J connectivity index is 0.979. The zero-order valence-electron chi connectivity index (χ0n) is 25.8. The molecule has 1 saturated carbocycles. The van der Waals surface area contributed by atoms with E-state index in [1.807, 2.05) is 36.0 Å². The number of amides is 1. The number of aromatic nitrogens is 5. The van der Waals surface area contributed by atoms with Crippen molar-refractivity contribution in [3.63, 3.8) is 0 Å². The summed E-state index contributed by atoms with van der Waals surface area (Å²) in [6.45, 7) is 9.26. The highest BCUT2D eigenvalue weighted by Crippen LogP contribution is 2.44. The summed E-state index contributed by atoms with van der Waals surface area (Å²) < 4.78 is 7.66. The molecule has 10 nitrogen and oxygen atoms in total. The van der Waals surface area contributed by atoms with E-state index in [1.54, 1.807) is 6.33 Å². The van der Waals surface area contributed by atoms with Gasteiger partial charge in [-0.15, -0.1) is 0 Å². The summed E-state index contributed by atoms with van der Waals surface area (Å²) in [7, 11) is 0. The van der Waals surface area contributed by atoms with Crippen LogP contribution < -0.4 is 15.0 Å². The molecule has 5 heterocycles. The first-order valence-electron chi connectivity index (χ1n) is 16.2. The van der Waals surface area contributed by atoms with Crippen molar-refractivity contribution in [3.05, 3.63) is 71.4 Å². The Morgan fingerprint density at radius 1 is 1.05 bits per heavy atom. The average Bonchev–Trinajstić information content (AvgIpc) is 3.48. The van der Waals surface area contributed by atoms with Gasteiger partial charge in [0.15, 0.2) is 5.65 Å². The summed E-state index contributed by atoms with van der Waals surface area (Å²) in [4.78, 5) is 32.0. The lowest BCUT2D eigenvalue weighted by Crippen LogP contribution is -2.53. The molecule has 1 aromatic carbocycles. The summed E-state index contributed by atoms with van der Waals surface area (Å²) in [5, 5.41) is 9.42. The molecule has 7 rings (SSSR count). The average molecular weight is 595 g/mol. The minimum absolute atomic E-state index is 0.0223. The molecule has 44 heavy (non-hydrogen) atoms. The van der Waals surface area contributed by atoms with E-state index in [1.165, 1.54) is 11.1 Å². The summed E-state index contributed by atoms with van der Waals surface area (Å²) in [5.41, 5.74) is 5.61. The lowest BCUT2D eigenvalue weighted by Gasteiger charge is -2.46. The van der Waals surface area contributed by atoms with Gasteiger partial charge in [0.2, 0.25) is 5.91 Å². The summed E-state index contributed by atoms with van der Waals surface area (Å²) in [6.07, 6.45) is 9.22. The van der Waals surface area contributed by atoms with Crippen LogP contribution in [0.3, 0.4) is 0 Å². The van der Waals surface area contributed by atoms with E-state index < -0.39 is 0 Å². The Bertz CT molecular complexity index is 1640. The van der Waals surface area contributed by atoms with Gasteiger partial charge in [-0.25, -0.2) is 14.6 Å². The number of piperazine rings is 1. The van der Waals surface area contributed by atoms with Crippen LogP contribution in [0.15, 0.2) is 48.9 Å². The molecule has 1 saturated heterocycles. The SMILES string of the molecule is CCOc1ccc2c(c1)CCN[C@]21CC[C@H](C(=O)N2CCN(c3ncnc4c3cnn4Cc3cccc(CC)n3)CC2)CC1. The summed E-state index contributed by atoms with van der Waals surface area (Å²) in [5.74, 6) is 2.24. The predicted octanol–water partition coefficient (Wildman–Crippen LogP) is 4.11. The highest BCUT2D eigenvalue weighted by molar-refractivity contribution is 5.87. The van der Waals surface area contributed by atoms with Crippen molar-refractivity contribution in [2.75, 3.05) is 44.2 Å². The van der Waals surface area contributed by atoms with Gasteiger partial charge in [0.05, 0.1) is 30.4 Å². The van der Waals surface area contributed by atoms with Crippen LogP contribution in [0.2, 0.25) is 0 Å². The van der Waals surface area contributed by atoms with Gasteiger partial charge in [-0.05, 0) is 80.8 Å². The number of rotatable bonds is 7. The van der Waals surface area contributed by atoms with Gasteiger partial charge in [-0.2, -0.15) is 5.10 Å². The van der Waals surface area contributed by atoms with E-state index in [2.05, 4.69) is 55.3 Å². The first kappa shape index (κ1) is 28.7. The maximum atomic E-state index is 13.7. The third kappa shape index (κ3) is 5.40.